The lowest BCUT2D eigenvalue weighted by atomic mass is 10.3. The van der Waals surface area contributed by atoms with E-state index in [2.05, 4.69) is 0 Å². The monoisotopic (exact) mass is 168 g/mol. The molecule has 0 atom stereocenters. The van der Waals surface area contributed by atoms with E-state index in [1.807, 2.05) is 31.2 Å². The molecule has 1 nitrogen and oxygen atoms in total. The third kappa shape index (κ3) is 2.28. The van der Waals surface area contributed by atoms with Crippen LogP contribution in [0, 0.1) is 0 Å². The van der Waals surface area contributed by atoms with Crippen molar-refractivity contribution in [3.8, 4) is 5.75 Å². The van der Waals surface area contributed by atoms with E-state index in [9.17, 15) is 0 Å². The van der Waals surface area contributed by atoms with Crippen LogP contribution in [0.4, 0.5) is 0 Å². The molecule has 2 heteroatoms. The molecule has 0 aliphatic heterocycles. The molecular weight excluding hydrogens is 160 g/mol. The topological polar surface area (TPSA) is 9.23 Å². The van der Waals surface area contributed by atoms with Gasteiger partial charge in [-0.2, -0.15) is 0 Å². The van der Waals surface area contributed by atoms with E-state index >= 15 is 0 Å². The van der Waals surface area contributed by atoms with Crippen LogP contribution in [0.25, 0.3) is 0 Å². The highest BCUT2D eigenvalue weighted by Gasteiger charge is 1.95. The van der Waals surface area contributed by atoms with Crippen molar-refractivity contribution in [2.75, 3.05) is 0 Å². The van der Waals surface area contributed by atoms with Crippen LogP contribution in [0.15, 0.2) is 36.6 Å². The predicted octanol–water partition coefficient (Wildman–Crippen LogP) is 3.25. The Kier molecular flexibility index (Phi) is 2.99. The van der Waals surface area contributed by atoms with Gasteiger partial charge < -0.3 is 4.74 Å². The molecule has 0 aliphatic rings. The summed E-state index contributed by atoms with van der Waals surface area (Å²) in [5.74, 6) is 0.687. The number of benzene rings is 1. The summed E-state index contributed by atoms with van der Waals surface area (Å²) in [6.45, 7) is 1.89. The molecule has 0 spiro atoms. The third-order valence-corrected chi connectivity index (χ3v) is 1.48. The van der Waals surface area contributed by atoms with E-state index in [4.69, 9.17) is 16.3 Å². The lowest BCUT2D eigenvalue weighted by molar-refractivity contribution is 0.480. The highest BCUT2D eigenvalue weighted by molar-refractivity contribution is 6.32. The summed E-state index contributed by atoms with van der Waals surface area (Å²) < 4.78 is 5.17. The fourth-order valence-corrected chi connectivity index (χ4v) is 0.862. The molecule has 0 aliphatic carbocycles. The van der Waals surface area contributed by atoms with Crippen LogP contribution < -0.4 is 4.74 Å². The molecule has 0 unspecified atom stereocenters. The fourth-order valence-electron chi connectivity index (χ4n) is 0.682. The van der Waals surface area contributed by atoms with E-state index in [-0.39, 0.29) is 0 Å². The molecule has 0 radical (unpaired) electrons. The Hall–Kier alpha value is -0.950. The maximum absolute atomic E-state index is 5.80. The fraction of sp³-hybridized carbons (Fsp3) is 0.111. The van der Waals surface area contributed by atoms with Crippen molar-refractivity contribution >= 4 is 11.6 Å². The Morgan fingerprint density at radius 3 is 2.73 bits per heavy atom. The van der Waals surface area contributed by atoms with Gasteiger partial charge in [-0.05, 0) is 19.1 Å². The minimum Gasteiger partial charge on any atom is -0.464 e. The van der Waals surface area contributed by atoms with Gasteiger partial charge in [-0.15, -0.1) is 0 Å². The molecule has 0 bridgehead atoms. The zero-order valence-electron chi connectivity index (χ0n) is 6.25. The van der Waals surface area contributed by atoms with Crippen LogP contribution in [-0.4, -0.2) is 0 Å². The van der Waals surface area contributed by atoms with E-state index in [0.717, 1.165) is 0 Å². The Balaban J connectivity index is 2.77. The smallest absolute Gasteiger partial charge is 0.145 e. The van der Waals surface area contributed by atoms with Gasteiger partial charge in [0.1, 0.15) is 5.75 Å². The summed E-state index contributed by atoms with van der Waals surface area (Å²) >= 11 is 5.80. The van der Waals surface area contributed by atoms with Gasteiger partial charge in [-0.3, -0.25) is 0 Å². The van der Waals surface area contributed by atoms with Crippen molar-refractivity contribution < 1.29 is 4.74 Å². The van der Waals surface area contributed by atoms with E-state index < -0.39 is 0 Å². The van der Waals surface area contributed by atoms with Gasteiger partial charge in [0.05, 0.1) is 11.3 Å². The number of para-hydroxylation sites is 1. The summed E-state index contributed by atoms with van der Waals surface area (Å²) in [6, 6.07) is 7.36. The highest BCUT2D eigenvalue weighted by Crippen LogP contribution is 2.22. The van der Waals surface area contributed by atoms with Crippen molar-refractivity contribution in [2.24, 2.45) is 0 Å². The van der Waals surface area contributed by atoms with E-state index in [1.54, 1.807) is 12.3 Å². The molecule has 0 saturated heterocycles. The first-order valence-corrected chi connectivity index (χ1v) is 3.74. The molecule has 0 fully saturated rings. The van der Waals surface area contributed by atoms with Gasteiger partial charge >= 0.3 is 0 Å². The molecule has 11 heavy (non-hydrogen) atoms. The Bertz CT molecular complexity index is 255. The van der Waals surface area contributed by atoms with E-state index in [0.29, 0.717) is 10.8 Å². The molecule has 0 heterocycles. The van der Waals surface area contributed by atoms with Crippen LogP contribution in [0.2, 0.25) is 5.02 Å². The first-order valence-electron chi connectivity index (χ1n) is 3.37. The first-order chi connectivity index (χ1) is 5.34. The normalized spacial score (nSPS) is 10.4. The minimum absolute atomic E-state index is 0.630. The number of rotatable bonds is 2. The summed E-state index contributed by atoms with van der Waals surface area (Å²) in [4.78, 5) is 0. The number of ether oxygens (including phenoxy) is 1. The van der Waals surface area contributed by atoms with Gasteiger partial charge in [0, 0.05) is 0 Å². The summed E-state index contributed by atoms with van der Waals surface area (Å²) in [7, 11) is 0. The maximum Gasteiger partial charge on any atom is 0.145 e. The number of halogens is 1. The second kappa shape index (κ2) is 4.04. The molecule has 58 valence electrons. The lowest BCUT2D eigenvalue weighted by Gasteiger charge is -2.00. The van der Waals surface area contributed by atoms with Crippen LogP contribution in [0.1, 0.15) is 6.92 Å². The summed E-state index contributed by atoms with van der Waals surface area (Å²) in [6.07, 6.45) is 3.41. The largest absolute Gasteiger partial charge is 0.464 e. The number of allylic oxidation sites excluding steroid dienone is 1. The maximum atomic E-state index is 5.80. The zero-order chi connectivity index (χ0) is 8.10. The Labute approximate surface area is 71.3 Å². The number of hydrogen-bond acceptors (Lipinski definition) is 1. The highest BCUT2D eigenvalue weighted by atomic mass is 35.5. The van der Waals surface area contributed by atoms with Gasteiger partial charge in [-0.25, -0.2) is 0 Å². The van der Waals surface area contributed by atoms with E-state index in [1.165, 1.54) is 0 Å². The Morgan fingerprint density at radius 1 is 1.36 bits per heavy atom. The van der Waals surface area contributed by atoms with Crippen molar-refractivity contribution in [3.05, 3.63) is 41.6 Å². The molecule has 1 aromatic carbocycles. The quantitative estimate of drug-likeness (QED) is 0.616. The van der Waals surface area contributed by atoms with Gasteiger partial charge in [0.15, 0.2) is 0 Å². The molecule has 0 amide bonds. The molecule has 0 N–H and O–H groups in total. The van der Waals surface area contributed by atoms with Crippen molar-refractivity contribution in [1.82, 2.24) is 0 Å². The predicted molar refractivity (Wildman–Crippen MR) is 46.9 cm³/mol. The van der Waals surface area contributed by atoms with Crippen LogP contribution in [0.3, 0.4) is 0 Å². The summed E-state index contributed by atoms with van der Waals surface area (Å²) in [5, 5.41) is 0.630. The average molecular weight is 169 g/mol. The van der Waals surface area contributed by atoms with Crippen LogP contribution in [0.5, 0.6) is 5.75 Å². The first kappa shape index (κ1) is 8.15. The van der Waals surface area contributed by atoms with Crippen LogP contribution >= 0.6 is 11.6 Å². The standard InChI is InChI=1S/C9H9ClO/c1-2-7-11-9-6-4-3-5-8(9)10/h2-7H,1H3. The van der Waals surface area contributed by atoms with Crippen molar-refractivity contribution in [1.29, 1.82) is 0 Å². The SMILES string of the molecule is CC=COc1ccccc1Cl. The second-order valence-corrected chi connectivity index (χ2v) is 2.42. The minimum atomic E-state index is 0.630. The number of hydrogen-bond donors (Lipinski definition) is 0. The lowest BCUT2D eigenvalue weighted by Crippen LogP contribution is -1.81. The molecule has 0 aromatic heterocycles. The third-order valence-electron chi connectivity index (χ3n) is 1.17. The van der Waals surface area contributed by atoms with Crippen LogP contribution in [-0.2, 0) is 0 Å². The second-order valence-electron chi connectivity index (χ2n) is 2.02. The molecule has 1 rings (SSSR count). The molecule has 0 saturated carbocycles. The van der Waals surface area contributed by atoms with Gasteiger partial charge in [0.25, 0.3) is 0 Å². The van der Waals surface area contributed by atoms with Crippen molar-refractivity contribution in [3.63, 3.8) is 0 Å². The van der Waals surface area contributed by atoms with Crippen molar-refractivity contribution in [2.45, 2.75) is 6.92 Å². The Morgan fingerprint density at radius 2 is 2.09 bits per heavy atom. The van der Waals surface area contributed by atoms with Gasteiger partial charge in [-0.1, -0.05) is 29.8 Å². The molecule has 1 aromatic rings. The average Bonchev–Trinajstić information content (AvgIpc) is 2.03. The molecular formula is C9H9ClO. The van der Waals surface area contributed by atoms with Gasteiger partial charge in [0.2, 0.25) is 0 Å². The summed E-state index contributed by atoms with van der Waals surface area (Å²) in [5.41, 5.74) is 0. The zero-order valence-corrected chi connectivity index (χ0v) is 7.01.